The average Bonchev–Trinajstić information content (AvgIpc) is 2.63. The first-order chi connectivity index (χ1) is 12.9. The van der Waals surface area contributed by atoms with Crippen LogP contribution in [0.5, 0.6) is 11.5 Å². The van der Waals surface area contributed by atoms with Crippen molar-refractivity contribution in [1.82, 2.24) is 4.98 Å². The Morgan fingerprint density at radius 1 is 1.19 bits per heavy atom. The van der Waals surface area contributed by atoms with E-state index in [0.29, 0.717) is 23.1 Å². The zero-order valence-corrected chi connectivity index (χ0v) is 16.2. The lowest BCUT2D eigenvalue weighted by molar-refractivity contribution is -0.155. The quantitative estimate of drug-likeness (QED) is 0.664. The fraction of sp³-hybridized carbons (Fsp3) is 0.278. The molecule has 1 atom stereocenters. The summed E-state index contributed by atoms with van der Waals surface area (Å²) in [5.41, 5.74) is 0. The molecule has 7 nitrogen and oxygen atoms in total. The highest BCUT2D eigenvalue weighted by Gasteiger charge is 2.20. The van der Waals surface area contributed by atoms with Crippen LogP contribution in [0.3, 0.4) is 0 Å². The van der Waals surface area contributed by atoms with Gasteiger partial charge in [-0.3, -0.25) is 4.79 Å². The van der Waals surface area contributed by atoms with Gasteiger partial charge >= 0.3 is 5.97 Å². The number of esters is 1. The summed E-state index contributed by atoms with van der Waals surface area (Å²) in [6.07, 6.45) is 0.264. The Morgan fingerprint density at radius 3 is 2.48 bits per heavy atom. The number of hydrogen-bond donors (Lipinski definition) is 1. The van der Waals surface area contributed by atoms with Crippen LogP contribution < -0.4 is 14.8 Å². The molecule has 0 saturated heterocycles. The number of nitrogens with one attached hydrogen (secondary N) is 1. The van der Waals surface area contributed by atoms with Crippen LogP contribution in [0.15, 0.2) is 36.5 Å². The molecule has 2 aromatic rings. The SMILES string of the molecule is CCOc1ccccc1OCC(=O)O[C@@H](C)C(=O)Nc1ncc(Cl)cc1Cl. The van der Waals surface area contributed by atoms with Gasteiger partial charge in [0.05, 0.1) is 16.7 Å². The summed E-state index contributed by atoms with van der Waals surface area (Å²) in [4.78, 5) is 28.0. The highest BCUT2D eigenvalue weighted by Crippen LogP contribution is 2.26. The summed E-state index contributed by atoms with van der Waals surface area (Å²) < 4.78 is 15.9. The molecule has 0 saturated carbocycles. The number of carbonyl (C=O) groups excluding carboxylic acids is 2. The number of para-hydroxylation sites is 2. The molecule has 1 aromatic carbocycles. The van der Waals surface area contributed by atoms with Crippen molar-refractivity contribution in [1.29, 1.82) is 0 Å². The third-order valence-electron chi connectivity index (χ3n) is 3.22. The summed E-state index contributed by atoms with van der Waals surface area (Å²) in [7, 11) is 0. The maximum Gasteiger partial charge on any atom is 0.344 e. The molecule has 1 amide bonds. The standard InChI is InChI=1S/C18H18Cl2N2O5/c1-3-25-14-6-4-5-7-15(14)26-10-16(23)27-11(2)18(24)22-17-13(20)8-12(19)9-21-17/h4-9,11H,3,10H2,1-2H3,(H,21,22,24)/t11-/m0/s1. The van der Waals surface area contributed by atoms with Gasteiger partial charge in [0.25, 0.3) is 5.91 Å². The van der Waals surface area contributed by atoms with Crippen molar-refractivity contribution in [2.45, 2.75) is 20.0 Å². The number of nitrogens with zero attached hydrogens (tertiary/aromatic N) is 1. The Hall–Kier alpha value is -2.51. The number of anilines is 1. The summed E-state index contributed by atoms with van der Waals surface area (Å²) in [6, 6.07) is 8.37. The van der Waals surface area contributed by atoms with E-state index in [9.17, 15) is 9.59 Å². The molecule has 2 rings (SSSR count). The van der Waals surface area contributed by atoms with Crippen LogP contribution in [-0.2, 0) is 14.3 Å². The van der Waals surface area contributed by atoms with Crippen LogP contribution in [0.4, 0.5) is 5.82 Å². The number of hydrogen-bond acceptors (Lipinski definition) is 6. The summed E-state index contributed by atoms with van der Waals surface area (Å²) >= 11 is 11.7. The van der Waals surface area contributed by atoms with Gasteiger partial charge in [-0.05, 0) is 32.0 Å². The number of pyridine rings is 1. The summed E-state index contributed by atoms with van der Waals surface area (Å²) in [5, 5.41) is 2.97. The highest BCUT2D eigenvalue weighted by atomic mass is 35.5. The molecular formula is C18H18Cl2N2O5. The molecule has 0 fully saturated rings. The third-order valence-corrected chi connectivity index (χ3v) is 3.72. The molecule has 0 bridgehead atoms. The molecule has 0 aliphatic heterocycles. The smallest absolute Gasteiger partial charge is 0.344 e. The minimum Gasteiger partial charge on any atom is -0.490 e. The Labute approximate surface area is 166 Å². The van der Waals surface area contributed by atoms with Crippen molar-refractivity contribution in [2.75, 3.05) is 18.5 Å². The minimum absolute atomic E-state index is 0.121. The zero-order valence-electron chi connectivity index (χ0n) is 14.7. The topological polar surface area (TPSA) is 86.8 Å². The van der Waals surface area contributed by atoms with E-state index in [-0.39, 0.29) is 17.4 Å². The molecule has 0 radical (unpaired) electrons. The van der Waals surface area contributed by atoms with E-state index in [4.69, 9.17) is 37.4 Å². The van der Waals surface area contributed by atoms with Crippen molar-refractivity contribution in [3.63, 3.8) is 0 Å². The van der Waals surface area contributed by atoms with E-state index >= 15 is 0 Å². The Balaban J connectivity index is 1.87. The van der Waals surface area contributed by atoms with Crippen LogP contribution in [0.1, 0.15) is 13.8 Å². The van der Waals surface area contributed by atoms with E-state index in [2.05, 4.69) is 10.3 Å². The highest BCUT2D eigenvalue weighted by molar-refractivity contribution is 6.36. The Kier molecular flexibility index (Phi) is 7.69. The first-order valence-electron chi connectivity index (χ1n) is 8.06. The Bertz CT molecular complexity index is 816. The van der Waals surface area contributed by atoms with Gasteiger partial charge < -0.3 is 19.5 Å². The number of ether oxygens (including phenoxy) is 3. The number of aromatic nitrogens is 1. The average molecular weight is 413 g/mol. The van der Waals surface area contributed by atoms with Gasteiger partial charge in [0.15, 0.2) is 30.0 Å². The molecule has 27 heavy (non-hydrogen) atoms. The lowest BCUT2D eigenvalue weighted by Gasteiger charge is -2.15. The molecule has 1 aromatic heterocycles. The predicted octanol–water partition coefficient (Wildman–Crippen LogP) is 3.74. The molecule has 0 spiro atoms. The van der Waals surface area contributed by atoms with E-state index in [1.165, 1.54) is 19.2 Å². The second kappa shape index (κ2) is 9.99. The number of amides is 1. The van der Waals surface area contributed by atoms with E-state index in [1.54, 1.807) is 24.3 Å². The molecular weight excluding hydrogens is 395 g/mol. The second-order valence-electron chi connectivity index (χ2n) is 5.27. The number of rotatable bonds is 8. The fourth-order valence-corrected chi connectivity index (χ4v) is 2.42. The van der Waals surface area contributed by atoms with Gasteiger partial charge in [0.1, 0.15) is 0 Å². The van der Waals surface area contributed by atoms with Crippen molar-refractivity contribution < 1.29 is 23.8 Å². The maximum absolute atomic E-state index is 12.1. The maximum atomic E-state index is 12.1. The van der Waals surface area contributed by atoms with Crippen LogP contribution in [0, 0.1) is 0 Å². The number of benzene rings is 1. The van der Waals surface area contributed by atoms with Crippen molar-refractivity contribution in [2.24, 2.45) is 0 Å². The second-order valence-corrected chi connectivity index (χ2v) is 6.12. The van der Waals surface area contributed by atoms with Crippen LogP contribution in [0.2, 0.25) is 10.0 Å². The van der Waals surface area contributed by atoms with Crippen molar-refractivity contribution >= 4 is 40.9 Å². The molecule has 0 aliphatic rings. The summed E-state index contributed by atoms with van der Waals surface area (Å²) in [5.74, 6) is -0.252. The lowest BCUT2D eigenvalue weighted by atomic mass is 10.3. The zero-order chi connectivity index (χ0) is 19.8. The van der Waals surface area contributed by atoms with Gasteiger partial charge in [-0.1, -0.05) is 35.3 Å². The number of carbonyl (C=O) groups is 2. The molecule has 1 heterocycles. The van der Waals surface area contributed by atoms with Crippen LogP contribution in [-0.4, -0.2) is 36.2 Å². The first-order valence-corrected chi connectivity index (χ1v) is 8.82. The van der Waals surface area contributed by atoms with Crippen LogP contribution >= 0.6 is 23.2 Å². The van der Waals surface area contributed by atoms with Gasteiger partial charge in [0, 0.05) is 6.20 Å². The van der Waals surface area contributed by atoms with Gasteiger partial charge in [-0.15, -0.1) is 0 Å². The van der Waals surface area contributed by atoms with E-state index in [1.807, 2.05) is 6.92 Å². The third kappa shape index (κ3) is 6.30. The monoisotopic (exact) mass is 412 g/mol. The lowest BCUT2D eigenvalue weighted by Crippen LogP contribution is -2.32. The largest absolute Gasteiger partial charge is 0.490 e. The van der Waals surface area contributed by atoms with Gasteiger partial charge in [-0.2, -0.15) is 0 Å². The minimum atomic E-state index is -1.07. The molecule has 1 N–H and O–H groups in total. The molecule has 9 heteroatoms. The predicted molar refractivity (Wildman–Crippen MR) is 102 cm³/mol. The van der Waals surface area contributed by atoms with Crippen molar-refractivity contribution in [3.8, 4) is 11.5 Å². The van der Waals surface area contributed by atoms with Crippen LogP contribution in [0.25, 0.3) is 0 Å². The van der Waals surface area contributed by atoms with Crippen molar-refractivity contribution in [3.05, 3.63) is 46.6 Å². The molecule has 0 unspecified atom stereocenters. The molecule has 0 aliphatic carbocycles. The van der Waals surface area contributed by atoms with Gasteiger partial charge in [-0.25, -0.2) is 9.78 Å². The fourth-order valence-electron chi connectivity index (χ4n) is 1.99. The molecule has 144 valence electrons. The van der Waals surface area contributed by atoms with Gasteiger partial charge in [0.2, 0.25) is 0 Å². The van der Waals surface area contributed by atoms with E-state index < -0.39 is 18.0 Å². The number of halogens is 2. The summed E-state index contributed by atoms with van der Waals surface area (Å²) in [6.45, 7) is 3.35. The Morgan fingerprint density at radius 2 is 1.85 bits per heavy atom. The van der Waals surface area contributed by atoms with E-state index in [0.717, 1.165) is 0 Å². The normalized spacial score (nSPS) is 11.4. The first kappa shape index (κ1) is 20.8.